The van der Waals surface area contributed by atoms with Gasteiger partial charge in [0.2, 0.25) is 0 Å². The molecule has 2 N–H and O–H groups in total. The van der Waals surface area contributed by atoms with E-state index in [1.165, 1.54) is 6.07 Å². The van der Waals surface area contributed by atoms with E-state index in [-0.39, 0.29) is 5.69 Å². The molecule has 0 unspecified atom stereocenters. The van der Waals surface area contributed by atoms with Gasteiger partial charge in [0.1, 0.15) is 0 Å². The molecule has 0 heterocycles. The Balaban J connectivity index is 2.13. The van der Waals surface area contributed by atoms with Crippen molar-refractivity contribution in [3.63, 3.8) is 0 Å². The second-order valence-electron chi connectivity index (χ2n) is 5.80. The highest BCUT2D eigenvalue weighted by Gasteiger charge is 2.36. The molecule has 4 nitrogen and oxygen atoms in total. The van der Waals surface area contributed by atoms with Crippen molar-refractivity contribution in [3.05, 3.63) is 59.7 Å². The first kappa shape index (κ1) is 20.3. The van der Waals surface area contributed by atoms with E-state index in [9.17, 15) is 21.6 Å². The summed E-state index contributed by atoms with van der Waals surface area (Å²) in [6, 6.07) is 10.7. The van der Waals surface area contributed by atoms with Gasteiger partial charge in [-0.25, -0.2) is 8.42 Å². The maximum absolute atomic E-state index is 13.0. The molecule has 0 saturated carbocycles. The summed E-state index contributed by atoms with van der Waals surface area (Å²) in [4.78, 5) is -0.791. The summed E-state index contributed by atoms with van der Waals surface area (Å²) in [6.07, 6.45) is -2.93. The number of nitrogens with one attached hydrogen (secondary N) is 2. The number of anilines is 1. The molecule has 2 rings (SSSR count). The lowest BCUT2D eigenvalue weighted by molar-refractivity contribution is -0.139. The van der Waals surface area contributed by atoms with Crippen LogP contribution in [0.25, 0.3) is 0 Å². The van der Waals surface area contributed by atoms with Gasteiger partial charge in [-0.2, -0.15) is 13.2 Å². The maximum Gasteiger partial charge on any atom is 0.417 e. The molecule has 142 valence electrons. The van der Waals surface area contributed by atoms with Gasteiger partial charge in [-0.3, -0.25) is 4.72 Å². The Hall–Kier alpha value is -2.06. The first-order chi connectivity index (χ1) is 12.2. The normalized spacial score (nSPS) is 12.2. The predicted molar refractivity (Wildman–Crippen MR) is 95.6 cm³/mol. The van der Waals surface area contributed by atoms with E-state index in [2.05, 4.69) is 17.0 Å². The lowest BCUT2D eigenvalue weighted by atomic mass is 10.1. The van der Waals surface area contributed by atoms with Gasteiger partial charge < -0.3 is 5.32 Å². The minimum atomic E-state index is -4.75. The Morgan fingerprint density at radius 2 is 1.62 bits per heavy atom. The van der Waals surface area contributed by atoms with Gasteiger partial charge in [-0.15, -0.1) is 0 Å². The van der Waals surface area contributed by atoms with Gasteiger partial charge in [-0.1, -0.05) is 31.2 Å². The zero-order valence-electron chi connectivity index (χ0n) is 14.3. The maximum atomic E-state index is 13.0. The molecule has 2 aromatic rings. The highest BCUT2D eigenvalue weighted by molar-refractivity contribution is 7.92. The molecular weight excluding hydrogens is 365 g/mol. The van der Waals surface area contributed by atoms with Crippen molar-refractivity contribution in [2.45, 2.75) is 30.8 Å². The molecule has 0 spiro atoms. The summed E-state index contributed by atoms with van der Waals surface area (Å²) >= 11 is 0. The van der Waals surface area contributed by atoms with Gasteiger partial charge in [0.05, 0.1) is 10.5 Å². The third-order valence-corrected chi connectivity index (χ3v) is 5.14. The van der Waals surface area contributed by atoms with Crippen LogP contribution in [0, 0.1) is 0 Å². The zero-order valence-corrected chi connectivity index (χ0v) is 15.1. The minimum Gasteiger partial charge on any atom is -0.316 e. The Morgan fingerprint density at radius 3 is 2.23 bits per heavy atom. The molecule has 0 bridgehead atoms. The molecule has 0 aliphatic heterocycles. The number of benzene rings is 2. The molecule has 26 heavy (non-hydrogen) atoms. The third-order valence-electron chi connectivity index (χ3n) is 3.71. The van der Waals surface area contributed by atoms with Crippen molar-refractivity contribution < 1.29 is 21.6 Å². The molecule has 0 radical (unpaired) electrons. The van der Waals surface area contributed by atoms with Gasteiger partial charge in [0, 0.05) is 5.69 Å². The fraction of sp³-hybridized carbons (Fsp3) is 0.333. The van der Waals surface area contributed by atoms with Gasteiger partial charge in [0.25, 0.3) is 10.0 Å². The van der Waals surface area contributed by atoms with Crippen LogP contribution in [0.1, 0.15) is 24.5 Å². The number of sulfonamides is 1. The Kier molecular flexibility index (Phi) is 6.66. The topological polar surface area (TPSA) is 58.2 Å². The number of alkyl halides is 3. The lowest BCUT2D eigenvalue weighted by Gasteiger charge is -2.14. The van der Waals surface area contributed by atoms with E-state index < -0.39 is 26.7 Å². The molecule has 0 fully saturated rings. The van der Waals surface area contributed by atoms with Crippen molar-refractivity contribution in [2.24, 2.45) is 0 Å². The van der Waals surface area contributed by atoms with E-state index in [4.69, 9.17) is 0 Å². The van der Waals surface area contributed by atoms with Gasteiger partial charge >= 0.3 is 6.18 Å². The number of rotatable bonds is 8. The quantitative estimate of drug-likeness (QED) is 0.673. The van der Waals surface area contributed by atoms with Crippen LogP contribution in [0.2, 0.25) is 0 Å². The number of hydrogen-bond donors (Lipinski definition) is 2. The molecule has 0 aromatic heterocycles. The lowest BCUT2D eigenvalue weighted by Crippen LogP contribution is -2.19. The summed E-state index contributed by atoms with van der Waals surface area (Å²) in [5, 5.41) is 3.26. The van der Waals surface area contributed by atoms with Crippen molar-refractivity contribution in [3.8, 4) is 0 Å². The van der Waals surface area contributed by atoms with E-state index in [1.54, 1.807) is 24.3 Å². The zero-order chi connectivity index (χ0) is 19.2. The molecule has 0 aliphatic rings. The van der Waals surface area contributed by atoms with Crippen LogP contribution in [0.3, 0.4) is 0 Å². The first-order valence-corrected chi connectivity index (χ1v) is 9.71. The minimum absolute atomic E-state index is 0.215. The molecule has 8 heteroatoms. The first-order valence-electron chi connectivity index (χ1n) is 8.23. The van der Waals surface area contributed by atoms with E-state index in [1.807, 2.05) is 0 Å². The second-order valence-corrected chi connectivity index (χ2v) is 7.45. The molecule has 0 atom stereocenters. The van der Waals surface area contributed by atoms with Crippen LogP contribution in [0.5, 0.6) is 0 Å². The summed E-state index contributed by atoms with van der Waals surface area (Å²) in [7, 11) is -4.35. The van der Waals surface area contributed by atoms with Crippen LogP contribution in [-0.4, -0.2) is 21.5 Å². The van der Waals surface area contributed by atoms with Crippen molar-refractivity contribution >= 4 is 15.7 Å². The highest BCUT2D eigenvalue weighted by atomic mass is 32.2. The van der Waals surface area contributed by atoms with Crippen molar-refractivity contribution in [1.29, 1.82) is 0 Å². The fourth-order valence-electron chi connectivity index (χ4n) is 2.42. The van der Waals surface area contributed by atoms with E-state index in [0.29, 0.717) is 0 Å². The monoisotopic (exact) mass is 386 g/mol. The SMILES string of the molecule is CCCNCCc1ccc(NS(=O)(=O)c2ccccc2C(F)(F)F)cc1. The van der Waals surface area contributed by atoms with E-state index >= 15 is 0 Å². The molecular formula is C18H21F3N2O2S. The van der Waals surface area contributed by atoms with Crippen LogP contribution in [-0.2, 0) is 22.6 Å². The smallest absolute Gasteiger partial charge is 0.316 e. The second kappa shape index (κ2) is 8.55. The van der Waals surface area contributed by atoms with Crippen molar-refractivity contribution in [2.75, 3.05) is 17.8 Å². The average molecular weight is 386 g/mol. The Morgan fingerprint density at radius 1 is 0.962 bits per heavy atom. The molecule has 0 amide bonds. The Labute approximate surface area is 151 Å². The van der Waals surface area contributed by atoms with E-state index in [0.717, 1.165) is 49.7 Å². The summed E-state index contributed by atoms with van der Waals surface area (Å²) < 4.78 is 66.1. The van der Waals surface area contributed by atoms with Crippen molar-refractivity contribution in [1.82, 2.24) is 5.32 Å². The summed E-state index contributed by atoms with van der Waals surface area (Å²) in [5.74, 6) is 0. The third kappa shape index (κ3) is 5.47. The van der Waals surface area contributed by atoms with Crippen LogP contribution in [0.4, 0.5) is 18.9 Å². The standard InChI is InChI=1S/C18H21F3N2O2S/c1-2-12-22-13-11-14-7-9-15(10-8-14)23-26(24,25)17-6-4-3-5-16(17)18(19,20)21/h3-10,22-23H,2,11-13H2,1H3. The summed E-state index contributed by atoms with van der Waals surface area (Å²) in [6.45, 7) is 3.80. The largest absolute Gasteiger partial charge is 0.417 e. The van der Waals surface area contributed by atoms with Gasteiger partial charge in [-0.05, 0) is 55.8 Å². The highest BCUT2D eigenvalue weighted by Crippen LogP contribution is 2.34. The van der Waals surface area contributed by atoms with Crippen LogP contribution < -0.4 is 10.0 Å². The van der Waals surface area contributed by atoms with Crippen LogP contribution >= 0.6 is 0 Å². The van der Waals surface area contributed by atoms with Crippen LogP contribution in [0.15, 0.2) is 53.4 Å². The fourth-order valence-corrected chi connectivity index (χ4v) is 3.71. The molecule has 0 aliphatic carbocycles. The predicted octanol–water partition coefficient (Wildman–Crippen LogP) is 4.05. The Bertz CT molecular complexity index is 819. The summed E-state index contributed by atoms with van der Waals surface area (Å²) in [5.41, 5.74) is 0.0330. The molecule has 2 aromatic carbocycles. The molecule has 0 saturated heterocycles. The number of hydrogen-bond acceptors (Lipinski definition) is 3. The van der Waals surface area contributed by atoms with Gasteiger partial charge in [0.15, 0.2) is 0 Å². The number of halogens is 3. The average Bonchev–Trinajstić information content (AvgIpc) is 2.59.